The maximum absolute atomic E-state index is 13.2. The molecular weight excluding hydrogens is 416 g/mol. The Labute approximate surface area is 178 Å². The van der Waals surface area contributed by atoms with Crippen LogP contribution in [-0.2, 0) is 21.4 Å². The molecule has 2 aliphatic rings. The van der Waals surface area contributed by atoms with Gasteiger partial charge in [0.25, 0.3) is 5.91 Å². The number of hydrogen-bond donors (Lipinski definition) is 0. The van der Waals surface area contributed by atoms with E-state index in [1.807, 2.05) is 38.9 Å². The topological polar surface area (TPSA) is 90.9 Å². The van der Waals surface area contributed by atoms with Crippen LogP contribution in [0.25, 0.3) is 0 Å². The number of carbonyl (C=O) groups is 2. The lowest BCUT2D eigenvalue weighted by Crippen LogP contribution is -2.44. The van der Waals surface area contributed by atoms with Crippen LogP contribution in [0.3, 0.4) is 0 Å². The molecule has 162 valence electrons. The molecule has 2 fully saturated rings. The van der Waals surface area contributed by atoms with E-state index in [4.69, 9.17) is 0 Å². The van der Waals surface area contributed by atoms with Crippen molar-refractivity contribution in [2.45, 2.75) is 38.9 Å². The number of amides is 2. The van der Waals surface area contributed by atoms with Gasteiger partial charge in [0.15, 0.2) is 0 Å². The predicted octanol–water partition coefficient (Wildman–Crippen LogP) is 1.22. The molecular formula is C19H29ClN4O4S. The Bertz CT molecular complexity index is 873. The molecule has 0 saturated carbocycles. The summed E-state index contributed by atoms with van der Waals surface area (Å²) in [6.07, 6.45) is 3.08. The smallest absolute Gasteiger partial charge is 0.255 e. The number of carbonyl (C=O) groups excluding carboxylic acids is 2. The first-order chi connectivity index (χ1) is 13.0. The lowest BCUT2D eigenvalue weighted by molar-refractivity contribution is -0.129. The molecule has 2 aliphatic heterocycles. The van der Waals surface area contributed by atoms with Crippen LogP contribution in [-0.4, -0.2) is 78.3 Å². The third-order valence-corrected chi connectivity index (χ3v) is 6.64. The fourth-order valence-electron chi connectivity index (χ4n) is 4.40. The standard InChI is InChI=1S/C19H28N4O4S.ClH/c1-12(2)16-17-15(23(19(16)25)28(5,26)27)8-9-22(17)18(24)13-6-7-14(20-10-13)11-21(3)4;/h6-7,10,12,15-17H,8-9,11H2,1-5H3;1H/t15-,16+,17-;/m0./s1. The zero-order valence-corrected chi connectivity index (χ0v) is 19.0. The lowest BCUT2D eigenvalue weighted by Gasteiger charge is -2.29. The van der Waals surface area contributed by atoms with E-state index in [-0.39, 0.29) is 24.2 Å². The largest absolute Gasteiger partial charge is 0.333 e. The van der Waals surface area contributed by atoms with Gasteiger partial charge in [0.1, 0.15) is 0 Å². The molecule has 0 aliphatic carbocycles. The van der Waals surface area contributed by atoms with Gasteiger partial charge < -0.3 is 9.80 Å². The third-order valence-electron chi connectivity index (χ3n) is 5.48. The van der Waals surface area contributed by atoms with Crippen molar-refractivity contribution in [3.63, 3.8) is 0 Å². The van der Waals surface area contributed by atoms with Crippen LogP contribution < -0.4 is 0 Å². The zero-order valence-electron chi connectivity index (χ0n) is 17.4. The van der Waals surface area contributed by atoms with Crippen molar-refractivity contribution in [2.75, 3.05) is 26.9 Å². The van der Waals surface area contributed by atoms with Gasteiger partial charge in [-0.05, 0) is 38.6 Å². The Balaban J connectivity index is 0.00000300. The molecule has 3 heterocycles. The molecule has 1 aromatic heterocycles. The zero-order chi connectivity index (χ0) is 20.8. The summed E-state index contributed by atoms with van der Waals surface area (Å²) in [6.45, 7) is 4.89. The Morgan fingerprint density at radius 1 is 1.31 bits per heavy atom. The van der Waals surface area contributed by atoms with E-state index < -0.39 is 33.9 Å². The fraction of sp³-hybridized carbons (Fsp3) is 0.632. The number of nitrogens with zero attached hydrogens (tertiary/aromatic N) is 4. The SMILES string of the molecule is CC(C)[C@H]1C(=O)N(S(C)(=O)=O)[C@H]2CCN(C(=O)c3ccc(CN(C)C)nc3)[C@H]12.Cl. The molecule has 2 amide bonds. The minimum Gasteiger partial charge on any atom is -0.333 e. The second-order valence-corrected chi connectivity index (χ2v) is 10.1. The average molecular weight is 445 g/mol. The highest BCUT2D eigenvalue weighted by Gasteiger charge is 2.58. The monoisotopic (exact) mass is 444 g/mol. The van der Waals surface area contributed by atoms with Gasteiger partial charge in [-0.2, -0.15) is 0 Å². The van der Waals surface area contributed by atoms with Crippen LogP contribution in [0.15, 0.2) is 18.3 Å². The molecule has 0 N–H and O–H groups in total. The number of fused-ring (bicyclic) bond motifs is 1. The quantitative estimate of drug-likeness (QED) is 0.678. The van der Waals surface area contributed by atoms with E-state index in [2.05, 4.69) is 4.98 Å². The van der Waals surface area contributed by atoms with Gasteiger partial charge in [-0.1, -0.05) is 13.8 Å². The minimum absolute atomic E-state index is 0. The van der Waals surface area contributed by atoms with E-state index in [0.29, 0.717) is 25.1 Å². The summed E-state index contributed by atoms with van der Waals surface area (Å²) in [6, 6.07) is 2.65. The first-order valence-corrected chi connectivity index (χ1v) is 11.3. The molecule has 8 nitrogen and oxygen atoms in total. The Kier molecular flexibility index (Phi) is 6.97. The number of sulfonamides is 1. The van der Waals surface area contributed by atoms with Crippen molar-refractivity contribution in [3.8, 4) is 0 Å². The summed E-state index contributed by atoms with van der Waals surface area (Å²) in [5, 5.41) is 0. The molecule has 0 spiro atoms. The van der Waals surface area contributed by atoms with Crippen molar-refractivity contribution < 1.29 is 18.0 Å². The molecule has 10 heteroatoms. The van der Waals surface area contributed by atoms with Gasteiger partial charge in [-0.3, -0.25) is 14.6 Å². The molecule has 0 bridgehead atoms. The third kappa shape index (κ3) is 4.41. The van der Waals surface area contributed by atoms with Crippen LogP contribution in [0.5, 0.6) is 0 Å². The normalized spacial score (nSPS) is 24.2. The van der Waals surface area contributed by atoms with Crippen LogP contribution >= 0.6 is 12.4 Å². The van der Waals surface area contributed by atoms with Gasteiger partial charge in [-0.15, -0.1) is 12.4 Å². The van der Waals surface area contributed by atoms with Gasteiger partial charge in [-0.25, -0.2) is 12.7 Å². The van der Waals surface area contributed by atoms with E-state index in [9.17, 15) is 18.0 Å². The van der Waals surface area contributed by atoms with Crippen molar-refractivity contribution >= 4 is 34.2 Å². The van der Waals surface area contributed by atoms with Crippen LogP contribution in [0.4, 0.5) is 0 Å². The predicted molar refractivity (Wildman–Crippen MR) is 112 cm³/mol. The number of halogens is 1. The van der Waals surface area contributed by atoms with Crippen molar-refractivity contribution in [1.82, 2.24) is 19.1 Å². The van der Waals surface area contributed by atoms with Crippen molar-refractivity contribution in [3.05, 3.63) is 29.6 Å². The summed E-state index contributed by atoms with van der Waals surface area (Å²) in [5.41, 5.74) is 1.32. The Morgan fingerprint density at radius 3 is 2.45 bits per heavy atom. The first-order valence-electron chi connectivity index (χ1n) is 9.46. The van der Waals surface area contributed by atoms with Gasteiger partial charge in [0.2, 0.25) is 15.9 Å². The van der Waals surface area contributed by atoms with E-state index >= 15 is 0 Å². The molecule has 3 rings (SSSR count). The fourth-order valence-corrected chi connectivity index (χ4v) is 5.58. The van der Waals surface area contributed by atoms with Crippen LogP contribution in [0.2, 0.25) is 0 Å². The highest BCUT2D eigenvalue weighted by molar-refractivity contribution is 7.88. The van der Waals surface area contributed by atoms with Crippen molar-refractivity contribution in [1.29, 1.82) is 0 Å². The number of likely N-dealkylation sites (tertiary alicyclic amines) is 1. The first kappa shape index (κ1) is 23.6. The summed E-state index contributed by atoms with van der Waals surface area (Å²) in [7, 11) is 0.218. The van der Waals surface area contributed by atoms with Gasteiger partial charge >= 0.3 is 0 Å². The molecule has 29 heavy (non-hydrogen) atoms. The molecule has 0 radical (unpaired) electrons. The molecule has 3 atom stereocenters. The van der Waals surface area contributed by atoms with Crippen molar-refractivity contribution in [2.24, 2.45) is 11.8 Å². The molecule has 0 unspecified atom stereocenters. The molecule has 0 aromatic carbocycles. The summed E-state index contributed by atoms with van der Waals surface area (Å²) >= 11 is 0. The van der Waals surface area contributed by atoms with E-state index in [1.54, 1.807) is 17.2 Å². The Hall–Kier alpha value is -1.71. The minimum atomic E-state index is -3.67. The average Bonchev–Trinajstić information content (AvgIpc) is 3.09. The second kappa shape index (κ2) is 8.57. The highest BCUT2D eigenvalue weighted by atomic mass is 35.5. The number of rotatable bonds is 5. The summed E-state index contributed by atoms with van der Waals surface area (Å²) < 4.78 is 25.4. The van der Waals surface area contributed by atoms with Gasteiger partial charge in [0, 0.05) is 19.3 Å². The van der Waals surface area contributed by atoms with E-state index in [0.717, 1.165) is 16.3 Å². The van der Waals surface area contributed by atoms with E-state index in [1.165, 1.54) is 0 Å². The second-order valence-electron chi connectivity index (χ2n) is 8.29. The van der Waals surface area contributed by atoms with Crippen LogP contribution in [0, 0.1) is 11.8 Å². The summed E-state index contributed by atoms with van der Waals surface area (Å²) in [5.74, 6) is -1.19. The lowest BCUT2D eigenvalue weighted by atomic mass is 9.88. The van der Waals surface area contributed by atoms with Crippen LogP contribution in [0.1, 0.15) is 36.3 Å². The molecule has 1 aromatic rings. The number of aromatic nitrogens is 1. The number of pyridine rings is 1. The summed E-state index contributed by atoms with van der Waals surface area (Å²) in [4.78, 5) is 34.0. The number of hydrogen-bond acceptors (Lipinski definition) is 6. The van der Waals surface area contributed by atoms with Gasteiger partial charge in [0.05, 0.1) is 35.5 Å². The highest BCUT2D eigenvalue weighted by Crippen LogP contribution is 2.41. The Morgan fingerprint density at radius 2 is 1.97 bits per heavy atom. The maximum atomic E-state index is 13.2. The molecule has 2 saturated heterocycles. The maximum Gasteiger partial charge on any atom is 0.255 e.